The van der Waals surface area contributed by atoms with Crippen LogP contribution in [0.15, 0.2) is 57.8 Å². The minimum atomic E-state index is -0.985. The molecule has 0 saturated carbocycles. The molecule has 0 aliphatic heterocycles. The molecule has 1 aromatic heterocycles. The molecule has 0 aliphatic carbocycles. The number of ether oxygens (including phenoxy) is 1. The van der Waals surface area contributed by atoms with Crippen molar-refractivity contribution in [3.8, 4) is 0 Å². The summed E-state index contributed by atoms with van der Waals surface area (Å²) in [7, 11) is 0. The molecule has 1 unspecified atom stereocenters. The molecule has 28 heavy (non-hydrogen) atoms. The van der Waals surface area contributed by atoms with Gasteiger partial charge in [-0.25, -0.2) is 9.48 Å². The number of nitrogens with zero attached hydrogens (tertiary/aromatic N) is 2. The molecule has 0 N–H and O–H groups in total. The molecule has 0 spiro atoms. The van der Waals surface area contributed by atoms with Gasteiger partial charge in [0.25, 0.3) is 5.56 Å². The van der Waals surface area contributed by atoms with Gasteiger partial charge in [0.15, 0.2) is 11.8 Å². The van der Waals surface area contributed by atoms with Crippen molar-refractivity contribution >= 4 is 38.5 Å². The highest BCUT2D eigenvalue weighted by molar-refractivity contribution is 9.10. The number of esters is 1. The van der Waals surface area contributed by atoms with Crippen molar-refractivity contribution in [3.63, 3.8) is 0 Å². The highest BCUT2D eigenvalue weighted by Gasteiger charge is 2.24. The summed E-state index contributed by atoms with van der Waals surface area (Å²) in [4.78, 5) is 37.8. The summed E-state index contributed by atoms with van der Waals surface area (Å²) in [5, 5.41) is 5.00. The summed E-state index contributed by atoms with van der Waals surface area (Å²) in [6, 6.07) is 13.6. The zero-order chi connectivity index (χ0) is 20.3. The van der Waals surface area contributed by atoms with Crippen molar-refractivity contribution in [3.05, 3.63) is 74.6 Å². The topological polar surface area (TPSA) is 78.3 Å². The van der Waals surface area contributed by atoms with Gasteiger partial charge in [-0.05, 0) is 31.5 Å². The van der Waals surface area contributed by atoms with Gasteiger partial charge >= 0.3 is 5.97 Å². The normalized spacial score (nSPS) is 12.0. The quantitative estimate of drug-likeness (QED) is 0.425. The van der Waals surface area contributed by atoms with Crippen LogP contribution in [0.1, 0.15) is 41.1 Å². The Kier molecular flexibility index (Phi) is 6.04. The number of aromatic nitrogens is 2. The van der Waals surface area contributed by atoms with Gasteiger partial charge < -0.3 is 4.74 Å². The Balaban J connectivity index is 1.92. The molecule has 2 aromatic carbocycles. The number of halogens is 1. The summed E-state index contributed by atoms with van der Waals surface area (Å²) >= 11 is 3.32. The number of aryl methyl sites for hydroxylation is 1. The average Bonchev–Trinajstić information content (AvgIpc) is 2.70. The zero-order valence-electron chi connectivity index (χ0n) is 15.5. The van der Waals surface area contributed by atoms with E-state index in [0.29, 0.717) is 29.3 Å². The Bertz CT molecular complexity index is 1090. The van der Waals surface area contributed by atoms with Crippen LogP contribution in [0.2, 0.25) is 0 Å². The lowest BCUT2D eigenvalue weighted by Crippen LogP contribution is -2.29. The number of benzene rings is 2. The van der Waals surface area contributed by atoms with E-state index >= 15 is 0 Å². The SMILES string of the molecule is CCCn1nc(C(=O)OC(C)C(=O)c2ccc(Br)cc2)c2ccccc2c1=O. The van der Waals surface area contributed by atoms with Crippen LogP contribution in [-0.4, -0.2) is 27.6 Å². The number of hydrogen-bond donors (Lipinski definition) is 0. The van der Waals surface area contributed by atoms with Crippen LogP contribution in [0.3, 0.4) is 0 Å². The van der Waals surface area contributed by atoms with Gasteiger partial charge in [-0.2, -0.15) is 5.10 Å². The van der Waals surface area contributed by atoms with Crippen LogP contribution < -0.4 is 5.56 Å². The third kappa shape index (κ3) is 4.04. The maximum absolute atomic E-state index is 12.8. The molecule has 144 valence electrons. The second kappa shape index (κ2) is 8.48. The molecule has 0 aliphatic rings. The third-order valence-electron chi connectivity index (χ3n) is 4.28. The van der Waals surface area contributed by atoms with Crippen LogP contribution in [-0.2, 0) is 11.3 Å². The predicted octanol–water partition coefficient (Wildman–Crippen LogP) is 4.00. The highest BCUT2D eigenvalue weighted by Crippen LogP contribution is 2.17. The fraction of sp³-hybridized carbons (Fsp3) is 0.238. The number of carbonyl (C=O) groups is 2. The molecule has 3 rings (SSSR count). The molecule has 3 aromatic rings. The van der Waals surface area contributed by atoms with Crippen molar-refractivity contribution in [2.45, 2.75) is 32.9 Å². The number of carbonyl (C=O) groups excluding carboxylic acids is 2. The van der Waals surface area contributed by atoms with E-state index in [2.05, 4.69) is 21.0 Å². The van der Waals surface area contributed by atoms with Crippen LogP contribution >= 0.6 is 15.9 Å². The summed E-state index contributed by atoms with van der Waals surface area (Å²) in [6.07, 6.45) is -0.293. The first-order valence-corrected chi connectivity index (χ1v) is 9.72. The molecular formula is C21H19BrN2O4. The number of ketones is 1. The second-order valence-electron chi connectivity index (χ2n) is 6.34. The zero-order valence-corrected chi connectivity index (χ0v) is 17.1. The molecule has 0 saturated heterocycles. The number of hydrogen-bond acceptors (Lipinski definition) is 5. The Hall–Kier alpha value is -2.80. The summed E-state index contributed by atoms with van der Waals surface area (Å²) < 4.78 is 7.50. The van der Waals surface area contributed by atoms with E-state index in [4.69, 9.17) is 4.74 Å². The number of Topliss-reactive ketones (excluding diaryl/α,β-unsaturated/α-hetero) is 1. The second-order valence-corrected chi connectivity index (χ2v) is 7.26. The first-order chi connectivity index (χ1) is 13.4. The van der Waals surface area contributed by atoms with Gasteiger partial charge in [0.1, 0.15) is 0 Å². The van der Waals surface area contributed by atoms with E-state index < -0.39 is 12.1 Å². The maximum Gasteiger partial charge on any atom is 0.360 e. The molecule has 0 radical (unpaired) electrons. The Morgan fingerprint density at radius 1 is 1.11 bits per heavy atom. The molecule has 1 atom stereocenters. The van der Waals surface area contributed by atoms with E-state index in [1.807, 2.05) is 6.92 Å². The van der Waals surface area contributed by atoms with E-state index in [9.17, 15) is 14.4 Å². The van der Waals surface area contributed by atoms with Gasteiger partial charge in [0.2, 0.25) is 5.78 Å². The minimum absolute atomic E-state index is 0.0270. The lowest BCUT2D eigenvalue weighted by Gasteiger charge is -2.14. The Morgan fingerprint density at radius 2 is 1.75 bits per heavy atom. The van der Waals surface area contributed by atoms with Gasteiger partial charge in [-0.3, -0.25) is 9.59 Å². The molecule has 1 heterocycles. The summed E-state index contributed by atoms with van der Waals surface area (Å²) in [5.74, 6) is -1.05. The fourth-order valence-corrected chi connectivity index (χ4v) is 3.13. The first-order valence-electron chi connectivity index (χ1n) is 8.93. The predicted molar refractivity (Wildman–Crippen MR) is 110 cm³/mol. The molecular weight excluding hydrogens is 424 g/mol. The van der Waals surface area contributed by atoms with Crippen molar-refractivity contribution in [2.24, 2.45) is 0 Å². The first kappa shape index (κ1) is 19.9. The largest absolute Gasteiger partial charge is 0.449 e. The number of fused-ring (bicyclic) bond motifs is 1. The van der Waals surface area contributed by atoms with Crippen LogP contribution in [0.4, 0.5) is 0 Å². The van der Waals surface area contributed by atoms with Crippen LogP contribution in [0.5, 0.6) is 0 Å². The lowest BCUT2D eigenvalue weighted by atomic mass is 10.1. The van der Waals surface area contributed by atoms with Crippen molar-refractivity contribution in [2.75, 3.05) is 0 Å². The van der Waals surface area contributed by atoms with Crippen LogP contribution in [0, 0.1) is 0 Å². The van der Waals surface area contributed by atoms with E-state index in [1.165, 1.54) is 11.6 Å². The Labute approximate surface area is 170 Å². The van der Waals surface area contributed by atoms with Crippen molar-refractivity contribution < 1.29 is 14.3 Å². The van der Waals surface area contributed by atoms with E-state index in [1.54, 1.807) is 48.5 Å². The summed E-state index contributed by atoms with van der Waals surface area (Å²) in [6.45, 7) is 3.82. The third-order valence-corrected chi connectivity index (χ3v) is 4.81. The summed E-state index contributed by atoms with van der Waals surface area (Å²) in [5.41, 5.74) is 0.212. The highest BCUT2D eigenvalue weighted by atomic mass is 79.9. The van der Waals surface area contributed by atoms with Crippen molar-refractivity contribution in [1.82, 2.24) is 9.78 Å². The van der Waals surface area contributed by atoms with Gasteiger partial charge in [-0.15, -0.1) is 0 Å². The van der Waals surface area contributed by atoms with Gasteiger partial charge in [-0.1, -0.05) is 53.2 Å². The molecule has 6 nitrogen and oxygen atoms in total. The minimum Gasteiger partial charge on any atom is -0.449 e. The fourth-order valence-electron chi connectivity index (χ4n) is 2.87. The lowest BCUT2D eigenvalue weighted by molar-refractivity contribution is 0.0313. The molecule has 7 heteroatoms. The monoisotopic (exact) mass is 442 g/mol. The smallest absolute Gasteiger partial charge is 0.360 e. The van der Waals surface area contributed by atoms with Crippen LogP contribution in [0.25, 0.3) is 10.8 Å². The Morgan fingerprint density at radius 3 is 2.39 bits per heavy atom. The van der Waals surface area contributed by atoms with E-state index in [-0.39, 0.29) is 17.0 Å². The average molecular weight is 443 g/mol. The van der Waals surface area contributed by atoms with Crippen molar-refractivity contribution in [1.29, 1.82) is 0 Å². The molecule has 0 fully saturated rings. The molecule has 0 amide bonds. The number of rotatable bonds is 6. The standard InChI is InChI=1S/C21H19BrN2O4/c1-3-12-24-20(26)17-7-5-4-6-16(17)18(23-24)21(27)28-13(2)19(25)14-8-10-15(22)11-9-14/h4-11,13H,3,12H2,1-2H3. The van der Waals surface area contributed by atoms with E-state index in [0.717, 1.165) is 4.47 Å². The maximum atomic E-state index is 12.8. The van der Waals surface area contributed by atoms with Gasteiger partial charge in [0, 0.05) is 22.0 Å². The van der Waals surface area contributed by atoms with Gasteiger partial charge in [0.05, 0.1) is 5.39 Å². The molecule has 0 bridgehead atoms.